The van der Waals surface area contributed by atoms with Crippen LogP contribution in [0.3, 0.4) is 0 Å². The van der Waals surface area contributed by atoms with Gasteiger partial charge in [-0.3, -0.25) is 0 Å². The molecule has 0 radical (unpaired) electrons. The largest absolute Gasteiger partial charge is 0.227 e. The number of benzene rings is 1. The van der Waals surface area contributed by atoms with Gasteiger partial charge in [-0.1, -0.05) is 15.9 Å². The van der Waals surface area contributed by atoms with E-state index in [1.807, 2.05) is 6.92 Å². The van der Waals surface area contributed by atoms with Crippen molar-refractivity contribution in [2.75, 3.05) is 0 Å². The summed E-state index contributed by atoms with van der Waals surface area (Å²) >= 11 is 3.28. The topological polar surface area (TPSA) is 34.1 Å². The molecule has 4 heteroatoms. The Bertz CT molecular complexity index is 336. The van der Waals surface area contributed by atoms with Crippen LogP contribution in [0.5, 0.6) is 0 Å². The Morgan fingerprint density at radius 2 is 2.00 bits per heavy atom. The lowest BCUT2D eigenvalue weighted by Gasteiger charge is -1.96. The van der Waals surface area contributed by atoms with E-state index in [0.29, 0.717) is 4.90 Å². The van der Waals surface area contributed by atoms with Gasteiger partial charge in [-0.05, 0) is 30.7 Å². The van der Waals surface area contributed by atoms with Gasteiger partial charge in [-0.25, -0.2) is 8.42 Å². The Kier molecular flexibility index (Phi) is 2.67. The molecule has 0 aliphatic heterocycles. The molecule has 0 N–H and O–H groups in total. The van der Waals surface area contributed by atoms with Crippen LogP contribution in [0.4, 0.5) is 0 Å². The van der Waals surface area contributed by atoms with Crippen LogP contribution in [0.15, 0.2) is 27.6 Å². The fraction of sp³-hybridized carbons (Fsp3) is 0.143. The molecule has 0 aliphatic rings. The minimum Gasteiger partial charge on any atom is -0.227 e. The first-order chi connectivity index (χ1) is 5.11. The van der Waals surface area contributed by atoms with E-state index in [0.717, 1.165) is 10.0 Å². The molecule has 0 unspecified atom stereocenters. The van der Waals surface area contributed by atoms with Gasteiger partial charge in [-0.15, -0.1) is 0 Å². The van der Waals surface area contributed by atoms with Gasteiger partial charge in [0.1, 0.15) is 0 Å². The first-order valence-corrected chi connectivity index (χ1v) is 4.99. The van der Waals surface area contributed by atoms with Crippen LogP contribution in [0, 0.1) is 6.92 Å². The molecule has 1 rings (SSSR count). The molecule has 0 heterocycles. The van der Waals surface area contributed by atoms with E-state index in [4.69, 9.17) is 0 Å². The van der Waals surface area contributed by atoms with E-state index in [2.05, 4.69) is 15.9 Å². The molecule has 0 saturated heterocycles. The van der Waals surface area contributed by atoms with E-state index in [1.54, 1.807) is 18.2 Å². The normalized spacial score (nSPS) is 10.5. The van der Waals surface area contributed by atoms with Crippen molar-refractivity contribution < 1.29 is 8.42 Å². The van der Waals surface area contributed by atoms with E-state index < -0.39 is 10.7 Å². The maximum absolute atomic E-state index is 10.5. The first kappa shape index (κ1) is 8.74. The highest BCUT2D eigenvalue weighted by Crippen LogP contribution is 2.17. The first-order valence-electron chi connectivity index (χ1n) is 3.02. The summed E-state index contributed by atoms with van der Waals surface area (Å²) in [6.45, 7) is 1.85. The quantitative estimate of drug-likeness (QED) is 0.752. The highest BCUT2D eigenvalue weighted by Gasteiger charge is 1.97. The second-order valence-corrected chi connectivity index (χ2v) is 4.08. The lowest BCUT2D eigenvalue weighted by molar-refractivity contribution is 0.614. The van der Waals surface area contributed by atoms with E-state index in [-0.39, 0.29) is 0 Å². The third kappa shape index (κ3) is 2.04. The Morgan fingerprint density at radius 1 is 1.36 bits per heavy atom. The van der Waals surface area contributed by atoms with Crippen molar-refractivity contribution in [3.05, 3.63) is 28.2 Å². The average Bonchev–Trinajstić information content (AvgIpc) is 1.94. The number of aryl methyl sites for hydroxylation is 1. The van der Waals surface area contributed by atoms with Crippen molar-refractivity contribution in [3.63, 3.8) is 0 Å². The lowest BCUT2D eigenvalue weighted by atomic mass is 10.2. The van der Waals surface area contributed by atoms with E-state index >= 15 is 0 Å². The SMILES string of the molecule is Cc1cc([SH](=O)=O)ccc1Br. The molecular weight excluding hydrogens is 228 g/mol. The van der Waals surface area contributed by atoms with Gasteiger partial charge < -0.3 is 0 Å². The summed E-state index contributed by atoms with van der Waals surface area (Å²) in [6.07, 6.45) is 0. The van der Waals surface area contributed by atoms with Crippen molar-refractivity contribution in [1.82, 2.24) is 0 Å². The zero-order chi connectivity index (χ0) is 8.43. The smallest absolute Gasteiger partial charge is 0.168 e. The summed E-state index contributed by atoms with van der Waals surface area (Å²) in [6, 6.07) is 4.94. The molecule has 0 fully saturated rings. The molecule has 0 saturated carbocycles. The van der Waals surface area contributed by atoms with Crippen molar-refractivity contribution in [2.45, 2.75) is 11.8 Å². The van der Waals surface area contributed by atoms with Crippen LogP contribution in [-0.2, 0) is 10.7 Å². The molecule has 0 aliphatic carbocycles. The molecule has 0 amide bonds. The summed E-state index contributed by atoms with van der Waals surface area (Å²) in [5.74, 6) is 0. The molecule has 2 nitrogen and oxygen atoms in total. The van der Waals surface area contributed by atoms with Crippen LogP contribution >= 0.6 is 15.9 Å². The third-order valence-electron chi connectivity index (χ3n) is 1.35. The second-order valence-electron chi connectivity index (χ2n) is 2.19. The van der Waals surface area contributed by atoms with Crippen molar-refractivity contribution in [3.8, 4) is 0 Å². The highest BCUT2D eigenvalue weighted by molar-refractivity contribution is 9.10. The highest BCUT2D eigenvalue weighted by atomic mass is 79.9. The predicted molar refractivity (Wildman–Crippen MR) is 47.5 cm³/mol. The number of hydrogen-bond acceptors (Lipinski definition) is 2. The molecular formula is C7H7BrO2S. The summed E-state index contributed by atoms with van der Waals surface area (Å²) in [4.78, 5) is 0.362. The Balaban J connectivity index is 3.26. The standard InChI is InChI=1S/C7H7BrO2S/c1-5-4-6(11(9)10)2-3-7(5)8/h2-4,11H,1H3. The Hall–Kier alpha value is -0.350. The van der Waals surface area contributed by atoms with Crippen LogP contribution in [-0.4, -0.2) is 8.42 Å². The van der Waals surface area contributed by atoms with Crippen molar-refractivity contribution >= 4 is 26.6 Å². The van der Waals surface area contributed by atoms with Gasteiger partial charge in [0, 0.05) is 4.47 Å². The minimum absolute atomic E-state index is 0.362. The van der Waals surface area contributed by atoms with Crippen molar-refractivity contribution in [2.24, 2.45) is 0 Å². The van der Waals surface area contributed by atoms with Gasteiger partial charge in [0.15, 0.2) is 10.7 Å². The molecule has 1 aromatic rings. The fourth-order valence-corrected chi connectivity index (χ4v) is 1.48. The molecule has 0 bridgehead atoms. The summed E-state index contributed by atoms with van der Waals surface area (Å²) in [7, 11) is -2.44. The summed E-state index contributed by atoms with van der Waals surface area (Å²) < 4.78 is 21.9. The lowest BCUT2D eigenvalue weighted by Crippen LogP contribution is -1.82. The number of thiol groups is 1. The fourth-order valence-electron chi connectivity index (χ4n) is 0.742. The van der Waals surface area contributed by atoms with Gasteiger partial charge in [0.2, 0.25) is 0 Å². The molecule has 0 atom stereocenters. The predicted octanol–water partition coefficient (Wildman–Crippen LogP) is 1.73. The van der Waals surface area contributed by atoms with Crippen LogP contribution in [0.25, 0.3) is 0 Å². The Morgan fingerprint density at radius 3 is 2.45 bits per heavy atom. The zero-order valence-electron chi connectivity index (χ0n) is 5.87. The number of halogens is 1. The molecule has 60 valence electrons. The van der Waals surface area contributed by atoms with Crippen molar-refractivity contribution in [1.29, 1.82) is 0 Å². The number of rotatable bonds is 1. The minimum atomic E-state index is -2.44. The second kappa shape index (κ2) is 3.36. The zero-order valence-corrected chi connectivity index (χ0v) is 8.35. The van der Waals surface area contributed by atoms with Gasteiger partial charge in [0.05, 0.1) is 4.90 Å². The molecule has 0 spiro atoms. The maximum Gasteiger partial charge on any atom is 0.168 e. The number of hydrogen-bond donors (Lipinski definition) is 1. The van der Waals surface area contributed by atoms with E-state index in [1.165, 1.54) is 0 Å². The maximum atomic E-state index is 10.5. The van der Waals surface area contributed by atoms with Gasteiger partial charge in [-0.2, -0.15) is 0 Å². The summed E-state index contributed by atoms with van der Waals surface area (Å²) in [5.41, 5.74) is 0.932. The average molecular weight is 235 g/mol. The van der Waals surface area contributed by atoms with Crippen LogP contribution in [0.2, 0.25) is 0 Å². The summed E-state index contributed by atoms with van der Waals surface area (Å²) in [5, 5.41) is 0. The van der Waals surface area contributed by atoms with Gasteiger partial charge in [0.25, 0.3) is 0 Å². The van der Waals surface area contributed by atoms with Crippen LogP contribution in [0.1, 0.15) is 5.56 Å². The monoisotopic (exact) mass is 234 g/mol. The van der Waals surface area contributed by atoms with Gasteiger partial charge >= 0.3 is 0 Å². The van der Waals surface area contributed by atoms with Crippen LogP contribution < -0.4 is 0 Å². The molecule has 1 aromatic carbocycles. The Labute approximate surface area is 75.3 Å². The van der Waals surface area contributed by atoms with E-state index in [9.17, 15) is 8.42 Å². The molecule has 11 heavy (non-hydrogen) atoms. The third-order valence-corrected chi connectivity index (χ3v) is 2.94. The molecule has 0 aromatic heterocycles.